The third-order valence-electron chi connectivity index (χ3n) is 5.13. The first-order valence-corrected chi connectivity index (χ1v) is 10.1. The fourth-order valence-corrected chi connectivity index (χ4v) is 5.15. The summed E-state index contributed by atoms with van der Waals surface area (Å²) in [5.41, 5.74) is 1.52. The van der Waals surface area contributed by atoms with Gasteiger partial charge >= 0.3 is 0 Å². The van der Waals surface area contributed by atoms with Crippen molar-refractivity contribution in [1.82, 2.24) is 9.97 Å². The number of nitrogens with one attached hydrogen (secondary N) is 2. The van der Waals surface area contributed by atoms with E-state index in [9.17, 15) is 0 Å². The molecule has 0 unspecified atom stereocenters. The number of thiophene rings is 1. The third kappa shape index (κ3) is 3.41. The monoisotopic (exact) mass is 347 g/mol. The molecular weight excluding hydrogens is 320 g/mol. The van der Waals surface area contributed by atoms with Crippen LogP contribution in [0.1, 0.15) is 35.5 Å². The van der Waals surface area contributed by atoms with Gasteiger partial charge in [0.1, 0.15) is 29.6 Å². The molecule has 1 fully saturated rings. The Morgan fingerprint density at radius 2 is 2.00 bits per heavy atom. The van der Waals surface area contributed by atoms with E-state index >= 15 is 0 Å². The van der Waals surface area contributed by atoms with Crippen LogP contribution in [-0.2, 0) is 17.6 Å². The number of quaternary nitrogens is 1. The van der Waals surface area contributed by atoms with Crippen molar-refractivity contribution >= 4 is 27.4 Å². The molecule has 130 valence electrons. The van der Waals surface area contributed by atoms with Crippen molar-refractivity contribution in [1.29, 1.82) is 0 Å². The number of aryl methyl sites for hydroxylation is 3. The second-order valence-corrected chi connectivity index (χ2v) is 7.99. The minimum atomic E-state index is 0.877. The van der Waals surface area contributed by atoms with Crippen LogP contribution in [0.2, 0.25) is 0 Å². The SMILES string of the molecule is Cc1nc(NCCC[NH+]2CCOCC2)c2c3c(sc2n1)CCCC3. The van der Waals surface area contributed by atoms with Gasteiger partial charge in [-0.25, -0.2) is 9.97 Å². The molecule has 0 aromatic carbocycles. The molecule has 0 saturated carbocycles. The first-order chi connectivity index (χ1) is 11.8. The largest absolute Gasteiger partial charge is 0.370 e. The number of aromatic nitrogens is 2. The Morgan fingerprint density at radius 1 is 1.17 bits per heavy atom. The zero-order valence-corrected chi connectivity index (χ0v) is 15.3. The molecule has 4 rings (SSSR count). The van der Waals surface area contributed by atoms with Gasteiger partial charge in [0.25, 0.3) is 0 Å². The van der Waals surface area contributed by atoms with Crippen LogP contribution in [0.15, 0.2) is 0 Å². The molecule has 1 aliphatic carbocycles. The fraction of sp³-hybridized carbons (Fsp3) is 0.667. The predicted octanol–water partition coefficient (Wildman–Crippen LogP) is 1.60. The lowest BCUT2D eigenvalue weighted by Gasteiger charge is -2.23. The van der Waals surface area contributed by atoms with Crippen molar-refractivity contribution in [2.45, 2.75) is 39.0 Å². The summed E-state index contributed by atoms with van der Waals surface area (Å²) in [5, 5.41) is 4.92. The summed E-state index contributed by atoms with van der Waals surface area (Å²) in [6.07, 6.45) is 6.19. The quantitative estimate of drug-likeness (QED) is 0.807. The highest BCUT2D eigenvalue weighted by Crippen LogP contribution is 2.38. The van der Waals surface area contributed by atoms with Crippen LogP contribution in [-0.4, -0.2) is 49.4 Å². The van der Waals surface area contributed by atoms with E-state index in [1.54, 1.807) is 4.90 Å². The van der Waals surface area contributed by atoms with Crippen molar-refractivity contribution < 1.29 is 9.64 Å². The van der Waals surface area contributed by atoms with Crippen LogP contribution in [0.5, 0.6) is 0 Å². The molecule has 2 aliphatic rings. The molecule has 2 aromatic rings. The molecule has 1 aliphatic heterocycles. The Kier molecular flexibility index (Phi) is 4.96. The van der Waals surface area contributed by atoms with Crippen LogP contribution in [0, 0.1) is 6.92 Å². The maximum Gasteiger partial charge on any atom is 0.138 e. The number of nitrogens with zero attached hydrogens (tertiary/aromatic N) is 2. The molecule has 0 spiro atoms. The van der Waals surface area contributed by atoms with Gasteiger partial charge in [0.2, 0.25) is 0 Å². The first-order valence-electron chi connectivity index (χ1n) is 9.25. The van der Waals surface area contributed by atoms with E-state index in [0.29, 0.717) is 0 Å². The van der Waals surface area contributed by atoms with Crippen LogP contribution in [0.3, 0.4) is 0 Å². The van der Waals surface area contributed by atoms with E-state index in [-0.39, 0.29) is 0 Å². The van der Waals surface area contributed by atoms with Gasteiger partial charge in [-0.3, -0.25) is 0 Å². The minimum Gasteiger partial charge on any atom is -0.370 e. The molecule has 5 nitrogen and oxygen atoms in total. The Labute approximate surface area is 147 Å². The molecule has 1 saturated heterocycles. The minimum absolute atomic E-state index is 0.877. The van der Waals surface area contributed by atoms with Crippen LogP contribution < -0.4 is 10.2 Å². The van der Waals surface area contributed by atoms with E-state index in [0.717, 1.165) is 44.5 Å². The van der Waals surface area contributed by atoms with E-state index in [4.69, 9.17) is 14.7 Å². The molecule has 2 N–H and O–H groups in total. The van der Waals surface area contributed by atoms with Gasteiger partial charge in [0.05, 0.1) is 25.1 Å². The van der Waals surface area contributed by atoms with Gasteiger partial charge in [-0.15, -0.1) is 11.3 Å². The molecular formula is C18H27N4OS+. The van der Waals surface area contributed by atoms with Crippen molar-refractivity contribution in [3.8, 4) is 0 Å². The van der Waals surface area contributed by atoms with Gasteiger partial charge in [-0.1, -0.05) is 0 Å². The Balaban J connectivity index is 1.45. The summed E-state index contributed by atoms with van der Waals surface area (Å²) in [7, 11) is 0. The number of fused-ring (bicyclic) bond motifs is 3. The van der Waals surface area contributed by atoms with Crippen LogP contribution in [0.4, 0.5) is 5.82 Å². The second kappa shape index (κ2) is 7.33. The zero-order chi connectivity index (χ0) is 16.4. The zero-order valence-electron chi connectivity index (χ0n) is 14.5. The topological polar surface area (TPSA) is 51.5 Å². The highest BCUT2D eigenvalue weighted by atomic mass is 32.1. The van der Waals surface area contributed by atoms with Crippen molar-refractivity contribution in [2.75, 3.05) is 44.7 Å². The Hall–Kier alpha value is -1.24. The van der Waals surface area contributed by atoms with Gasteiger partial charge in [-0.05, 0) is 38.2 Å². The standard InChI is InChI=1S/C18H26N4OS/c1-13-20-17(19-7-4-8-22-9-11-23-12-10-22)16-14-5-2-3-6-15(14)24-18(16)21-13/h2-12H2,1H3,(H,19,20,21)/p+1. The molecule has 24 heavy (non-hydrogen) atoms. The van der Waals surface area contributed by atoms with Crippen molar-refractivity contribution in [3.63, 3.8) is 0 Å². The molecule has 0 radical (unpaired) electrons. The van der Waals surface area contributed by atoms with Gasteiger partial charge in [0, 0.05) is 17.8 Å². The first kappa shape index (κ1) is 16.2. The average molecular weight is 348 g/mol. The lowest BCUT2D eigenvalue weighted by molar-refractivity contribution is -0.908. The Morgan fingerprint density at radius 3 is 2.88 bits per heavy atom. The van der Waals surface area contributed by atoms with Gasteiger partial charge in [-0.2, -0.15) is 0 Å². The van der Waals surface area contributed by atoms with Crippen LogP contribution in [0.25, 0.3) is 10.2 Å². The summed E-state index contributed by atoms with van der Waals surface area (Å²) in [6, 6.07) is 0. The lowest BCUT2D eigenvalue weighted by atomic mass is 9.97. The van der Waals surface area contributed by atoms with Gasteiger partial charge in [0.15, 0.2) is 0 Å². The summed E-state index contributed by atoms with van der Waals surface area (Å²) in [6.45, 7) is 8.32. The molecule has 0 bridgehead atoms. The highest BCUT2D eigenvalue weighted by molar-refractivity contribution is 7.19. The van der Waals surface area contributed by atoms with Crippen molar-refractivity contribution in [3.05, 3.63) is 16.3 Å². The predicted molar refractivity (Wildman–Crippen MR) is 98.3 cm³/mol. The highest BCUT2D eigenvalue weighted by Gasteiger charge is 2.20. The number of ether oxygens (including phenoxy) is 1. The average Bonchev–Trinajstić information content (AvgIpc) is 2.97. The lowest BCUT2D eigenvalue weighted by Crippen LogP contribution is -3.14. The molecule has 0 amide bonds. The number of hydrogen-bond donors (Lipinski definition) is 2. The van der Waals surface area contributed by atoms with Crippen LogP contribution >= 0.6 is 11.3 Å². The van der Waals surface area contributed by atoms with E-state index in [2.05, 4.69) is 5.32 Å². The van der Waals surface area contributed by atoms with E-state index in [1.807, 2.05) is 18.3 Å². The van der Waals surface area contributed by atoms with Gasteiger partial charge < -0.3 is 15.0 Å². The summed E-state index contributed by atoms with van der Waals surface area (Å²) < 4.78 is 5.43. The maximum atomic E-state index is 5.43. The second-order valence-electron chi connectivity index (χ2n) is 6.90. The normalized spacial score (nSPS) is 18.7. The fourth-order valence-electron chi connectivity index (χ4n) is 3.85. The molecule has 0 atom stereocenters. The summed E-state index contributed by atoms with van der Waals surface area (Å²) >= 11 is 1.88. The molecule has 2 aromatic heterocycles. The van der Waals surface area contributed by atoms with E-state index < -0.39 is 0 Å². The number of anilines is 1. The number of hydrogen-bond acceptors (Lipinski definition) is 5. The Bertz CT molecular complexity index is 709. The third-order valence-corrected chi connectivity index (χ3v) is 6.31. The molecule has 6 heteroatoms. The molecule has 3 heterocycles. The summed E-state index contributed by atoms with van der Waals surface area (Å²) in [4.78, 5) is 13.8. The summed E-state index contributed by atoms with van der Waals surface area (Å²) in [5.74, 6) is 1.94. The smallest absolute Gasteiger partial charge is 0.138 e. The number of rotatable bonds is 5. The maximum absolute atomic E-state index is 5.43. The van der Waals surface area contributed by atoms with Crippen molar-refractivity contribution in [2.24, 2.45) is 0 Å². The van der Waals surface area contributed by atoms with E-state index in [1.165, 1.54) is 59.3 Å². The number of morpholine rings is 1.